The second kappa shape index (κ2) is 28.4. The SMILES string of the molecule is c1ccc2c(c1)Oc1c(-c3ccc4c(c3)C3(c5ccccc5O4)c4ccccc4-c4c(N(c5ccc6c(c5)C5(c7ccccc7Sc7ccccc75)c5ccccc5-6)c5cccc6oc7ccccc7c56)cccc43)cccc1C21c2ccccc2-c2cc(N(c3ccc(-c4ccc5oc6ccccc6c5c4)cc3)c3ccc4c(c3)C3(c5ccccc5Sc5ccccc53)c3ccccc3-4)ccc21. The van der Waals surface area contributed by atoms with Gasteiger partial charge in [0.15, 0.2) is 0 Å². The van der Waals surface area contributed by atoms with Gasteiger partial charge in [0.2, 0.25) is 0 Å². The van der Waals surface area contributed by atoms with E-state index in [1.165, 1.54) is 109 Å². The maximum Gasteiger partial charge on any atom is 0.140 e. The third-order valence-corrected chi connectivity index (χ3v) is 33.6. The fourth-order valence-electron chi connectivity index (χ4n) is 26.0. The van der Waals surface area contributed by atoms with Crippen molar-refractivity contribution in [3.63, 3.8) is 0 Å². The average Bonchev–Trinajstić information content (AvgIpc) is 1.51. The van der Waals surface area contributed by atoms with Crippen LogP contribution in [0.5, 0.6) is 23.0 Å². The minimum atomic E-state index is -0.928. The lowest BCUT2D eigenvalue weighted by atomic mass is 9.65. The van der Waals surface area contributed by atoms with Gasteiger partial charge < -0.3 is 28.1 Å². The molecule has 0 radical (unpaired) electrons. The van der Waals surface area contributed by atoms with E-state index in [-0.39, 0.29) is 0 Å². The normalized spacial score (nSPS) is 16.1. The van der Waals surface area contributed by atoms with Gasteiger partial charge in [-0.2, -0.15) is 0 Å². The van der Waals surface area contributed by atoms with Gasteiger partial charge in [0.25, 0.3) is 0 Å². The van der Waals surface area contributed by atoms with Gasteiger partial charge in [0.1, 0.15) is 45.3 Å². The highest BCUT2D eigenvalue weighted by molar-refractivity contribution is 7.99. The van der Waals surface area contributed by atoms with Crippen LogP contribution in [-0.2, 0) is 21.7 Å². The molecule has 2 atom stereocenters. The first-order valence-electron chi connectivity index (χ1n) is 47.5. The molecule has 0 fully saturated rings. The highest BCUT2D eigenvalue weighted by Crippen LogP contribution is 2.71. The number of fused-ring (bicyclic) bond motifs is 42. The summed E-state index contributed by atoms with van der Waals surface area (Å²) in [5.74, 6) is 3.20. The highest BCUT2D eigenvalue weighted by atomic mass is 32.2. The largest absolute Gasteiger partial charge is 0.457 e. The molecule has 0 amide bonds. The summed E-state index contributed by atoms with van der Waals surface area (Å²) in [5, 5.41) is 4.29. The molecule has 6 nitrogen and oxygen atoms in total. The molecule has 8 heteroatoms. The van der Waals surface area contributed by atoms with E-state index >= 15 is 0 Å². The first kappa shape index (κ1) is 76.5. The smallest absolute Gasteiger partial charge is 0.140 e. The van der Waals surface area contributed by atoms with Crippen molar-refractivity contribution in [2.24, 2.45) is 0 Å². The minimum absolute atomic E-state index is 0.604. The van der Waals surface area contributed by atoms with E-state index in [1.807, 2.05) is 29.6 Å². The molecular weight excluding hydrogens is 1720 g/mol. The van der Waals surface area contributed by atoms with Crippen molar-refractivity contribution in [3.05, 3.63) is 550 Å². The van der Waals surface area contributed by atoms with Crippen LogP contribution in [0, 0.1) is 0 Å². The van der Waals surface area contributed by atoms with Gasteiger partial charge in [-0.3, -0.25) is 0 Å². The van der Waals surface area contributed by atoms with E-state index in [9.17, 15) is 0 Å². The van der Waals surface area contributed by atoms with Crippen LogP contribution in [0.1, 0.15) is 89.0 Å². The Hall–Kier alpha value is -16.9. The van der Waals surface area contributed by atoms with Crippen molar-refractivity contribution in [3.8, 4) is 89.8 Å². The number of anilines is 6. The molecule has 23 aromatic rings. The van der Waals surface area contributed by atoms with Gasteiger partial charge >= 0.3 is 0 Å². The minimum Gasteiger partial charge on any atom is -0.457 e. The third-order valence-electron chi connectivity index (χ3n) is 31.3. The summed E-state index contributed by atoms with van der Waals surface area (Å²) in [6.07, 6.45) is 0. The number of hydrogen-bond donors (Lipinski definition) is 0. The summed E-state index contributed by atoms with van der Waals surface area (Å²) in [6, 6.07) is 173. The van der Waals surface area contributed by atoms with Crippen molar-refractivity contribution < 1.29 is 18.3 Å². The fourth-order valence-corrected chi connectivity index (χ4v) is 28.4. The topological polar surface area (TPSA) is 51.2 Å². The molecule has 0 N–H and O–H groups in total. The Balaban J connectivity index is 0.592. The monoisotopic (exact) mass is 1790 g/mol. The van der Waals surface area contributed by atoms with Crippen molar-refractivity contribution in [1.82, 2.24) is 0 Å². The van der Waals surface area contributed by atoms with Crippen LogP contribution >= 0.6 is 23.5 Å². The number of furan rings is 2. The number of nitrogens with zero attached hydrogens (tertiary/aromatic N) is 2. The zero-order chi connectivity index (χ0) is 90.0. The lowest BCUT2D eigenvalue weighted by Crippen LogP contribution is -2.32. The average molecular weight is 1790 g/mol. The Bertz CT molecular complexity index is 9230. The second-order valence-corrected chi connectivity index (χ2v) is 39.8. The predicted molar refractivity (Wildman–Crippen MR) is 559 cm³/mol. The third kappa shape index (κ3) is 9.98. The molecule has 0 saturated heterocycles. The van der Waals surface area contributed by atoms with E-state index < -0.39 is 21.7 Å². The summed E-state index contributed by atoms with van der Waals surface area (Å²) >= 11 is 3.75. The van der Waals surface area contributed by atoms with Crippen molar-refractivity contribution in [1.29, 1.82) is 0 Å². The lowest BCUT2D eigenvalue weighted by Gasteiger charge is -2.41. The Labute approximate surface area is 804 Å². The van der Waals surface area contributed by atoms with Crippen molar-refractivity contribution in [2.75, 3.05) is 9.80 Å². The van der Waals surface area contributed by atoms with Crippen LogP contribution in [-0.4, -0.2) is 0 Å². The van der Waals surface area contributed by atoms with Gasteiger partial charge in [0, 0.05) is 91.9 Å². The summed E-state index contributed by atoms with van der Waals surface area (Å²) in [7, 11) is 0. The van der Waals surface area contributed by atoms with Gasteiger partial charge in [0.05, 0.1) is 38.4 Å². The number of rotatable bonds is 8. The Morgan fingerprint density at radius 2 is 0.580 bits per heavy atom. The molecule has 21 aromatic carbocycles. The number of ether oxygens (including phenoxy) is 2. The van der Waals surface area contributed by atoms with Crippen LogP contribution in [0.3, 0.4) is 0 Å². The lowest BCUT2D eigenvalue weighted by molar-refractivity contribution is 0.435. The number of para-hydroxylation sites is 5. The molecule has 8 aliphatic rings. The van der Waals surface area contributed by atoms with Gasteiger partial charge in [-0.25, -0.2) is 0 Å². The van der Waals surface area contributed by atoms with Gasteiger partial charge in [-0.15, -0.1) is 0 Å². The zero-order valence-electron chi connectivity index (χ0n) is 74.2. The molecule has 4 spiro atoms. The van der Waals surface area contributed by atoms with Gasteiger partial charge in [-0.05, 0) is 262 Å². The Morgan fingerprint density at radius 1 is 0.188 bits per heavy atom. The van der Waals surface area contributed by atoms with Gasteiger partial charge in [-0.1, -0.05) is 345 Å². The van der Waals surface area contributed by atoms with Crippen molar-refractivity contribution in [2.45, 2.75) is 41.2 Å². The molecule has 642 valence electrons. The molecule has 0 saturated carbocycles. The summed E-state index contributed by atoms with van der Waals surface area (Å²) in [5.41, 5.74) is 39.5. The fraction of sp³-hybridized carbons (Fsp3) is 0.0308. The molecule has 31 rings (SSSR count). The summed E-state index contributed by atoms with van der Waals surface area (Å²) < 4.78 is 28.5. The quantitative estimate of drug-likeness (QED) is 0.149. The van der Waals surface area contributed by atoms with Crippen LogP contribution in [0.25, 0.3) is 111 Å². The maximum atomic E-state index is 7.75. The molecule has 4 aliphatic carbocycles. The predicted octanol–water partition coefficient (Wildman–Crippen LogP) is 34.4. The van der Waals surface area contributed by atoms with E-state index in [0.29, 0.717) is 0 Å². The maximum absolute atomic E-state index is 7.75. The summed E-state index contributed by atoms with van der Waals surface area (Å²) in [4.78, 5) is 10.1. The molecule has 0 bridgehead atoms. The van der Waals surface area contributed by atoms with Crippen LogP contribution in [0.2, 0.25) is 0 Å². The van der Waals surface area contributed by atoms with E-state index in [0.717, 1.165) is 168 Å². The zero-order valence-corrected chi connectivity index (χ0v) is 75.9. The van der Waals surface area contributed by atoms with Crippen molar-refractivity contribution >= 4 is 102 Å². The number of hydrogen-bond acceptors (Lipinski definition) is 8. The Morgan fingerprint density at radius 3 is 1.21 bits per heavy atom. The first-order valence-corrected chi connectivity index (χ1v) is 49.1. The van der Waals surface area contributed by atoms with Crippen LogP contribution in [0.4, 0.5) is 34.1 Å². The highest BCUT2D eigenvalue weighted by Gasteiger charge is 2.57. The molecule has 6 heterocycles. The van der Waals surface area contributed by atoms with E-state index in [2.05, 4.69) is 465 Å². The first-order chi connectivity index (χ1) is 68.4. The standard InChI is InChI=1S/C130H76N2O4S2/c1-7-35-95-85(28-1)88-67-64-82(75-108(88)129(95)102-41-13-21-54-120(102)137-121-55-22-14-42-103(121)129)131(80-62-58-77(59-63-80)78-60-70-115-94(72-78)90-31-5-17-49-113(90)133-115)81-66-69-99-93(74-81)87-30-3-9-37-97(87)127(99)101-40-12-20-52-117(101)136-126-84(34-25-46-107(126)127)79-61-71-118-110(73-79)128(100-39-11-19-51-116(100)135-118)98-38-10-4-32-91(98)124-106(128)45-26-47-111(124)132(112-48-27-53-119-125(112)92-33-6-18-50-114(92)134-119)83-65-68-89-86-29-2-8-36-96(86)130(109(89)76-83)104-43-15-23-56-122(104)138-123-57-24-16-44-105(123)130/h1-76H. The second-order valence-electron chi connectivity index (χ2n) is 37.6. The molecular formula is C130H76N2O4S2. The molecule has 138 heavy (non-hydrogen) atoms. The Kier molecular flexibility index (Phi) is 15.7. The molecule has 4 aliphatic heterocycles. The van der Waals surface area contributed by atoms with E-state index in [4.69, 9.17) is 18.3 Å². The van der Waals surface area contributed by atoms with E-state index in [1.54, 1.807) is 0 Å². The summed E-state index contributed by atoms with van der Waals surface area (Å²) in [6.45, 7) is 0. The number of benzene rings is 21. The van der Waals surface area contributed by atoms with Crippen LogP contribution in [0.15, 0.2) is 489 Å². The van der Waals surface area contributed by atoms with Crippen LogP contribution < -0.4 is 19.3 Å². The molecule has 2 aromatic heterocycles. The molecule has 2 unspecified atom stereocenters.